The Morgan fingerprint density at radius 1 is 1.47 bits per heavy atom. The van der Waals surface area contributed by atoms with Crippen molar-refractivity contribution in [3.8, 4) is 0 Å². The quantitative estimate of drug-likeness (QED) is 0.908. The van der Waals surface area contributed by atoms with Crippen molar-refractivity contribution in [3.05, 3.63) is 40.2 Å². The highest BCUT2D eigenvalue weighted by Crippen LogP contribution is 2.19. The molecule has 0 aliphatic heterocycles. The lowest BCUT2D eigenvalue weighted by Crippen LogP contribution is -2.24. The summed E-state index contributed by atoms with van der Waals surface area (Å²) in [4.78, 5) is 3.40. The number of hydrogen-bond donors (Lipinski definition) is 1. The number of hydrogen-bond acceptors (Lipinski definition) is 5. The molecule has 0 saturated carbocycles. The maximum atomic E-state index is 13.6. The van der Waals surface area contributed by atoms with Gasteiger partial charge in [0.2, 0.25) is 15.9 Å². The van der Waals surface area contributed by atoms with Crippen LogP contribution >= 0.6 is 15.9 Å². The second-order valence-corrected chi connectivity index (χ2v) is 6.28. The number of sulfonamides is 1. The third-order valence-corrected chi connectivity index (χ3v) is 4.10. The molecule has 0 atom stereocenters. The summed E-state index contributed by atoms with van der Waals surface area (Å²) in [6.07, 6.45) is 0. The summed E-state index contributed by atoms with van der Waals surface area (Å²) < 4.78 is 44.7. The molecule has 1 N–H and O–H groups in total. The van der Waals surface area contributed by atoms with Gasteiger partial charge in [-0.1, -0.05) is 21.1 Å². The largest absolute Gasteiger partial charge is 0.340 e. The van der Waals surface area contributed by atoms with E-state index in [1.807, 2.05) is 0 Å². The van der Waals surface area contributed by atoms with Crippen molar-refractivity contribution < 1.29 is 17.3 Å². The van der Waals surface area contributed by atoms with Crippen LogP contribution in [0.1, 0.15) is 11.7 Å². The van der Waals surface area contributed by atoms with Gasteiger partial charge in [-0.2, -0.15) is 4.98 Å². The van der Waals surface area contributed by atoms with E-state index in [0.717, 1.165) is 6.07 Å². The van der Waals surface area contributed by atoms with Crippen LogP contribution in [0.4, 0.5) is 4.39 Å². The number of aryl methyl sites for hydroxylation is 1. The Morgan fingerprint density at radius 3 is 2.79 bits per heavy atom. The molecule has 0 bridgehead atoms. The summed E-state index contributed by atoms with van der Waals surface area (Å²) in [5, 5.41) is 3.53. The minimum absolute atomic E-state index is 0.171. The second kappa shape index (κ2) is 5.35. The fourth-order valence-electron chi connectivity index (χ4n) is 1.34. The first-order valence-corrected chi connectivity index (χ1v) is 7.40. The number of nitrogens with zero attached hydrogens (tertiary/aromatic N) is 2. The van der Waals surface area contributed by atoms with Crippen LogP contribution in [0.2, 0.25) is 0 Å². The van der Waals surface area contributed by atoms with E-state index in [1.54, 1.807) is 6.92 Å². The first-order chi connectivity index (χ1) is 8.88. The molecule has 9 heteroatoms. The Kier molecular flexibility index (Phi) is 3.97. The van der Waals surface area contributed by atoms with E-state index in [0.29, 0.717) is 10.4 Å². The molecular formula is C10H9BrFN3O3S. The molecule has 0 amide bonds. The van der Waals surface area contributed by atoms with Gasteiger partial charge in [-0.25, -0.2) is 17.5 Å². The van der Waals surface area contributed by atoms with Crippen LogP contribution in [0.15, 0.2) is 32.1 Å². The Morgan fingerprint density at radius 2 is 2.21 bits per heavy atom. The normalized spacial score (nSPS) is 11.7. The third kappa shape index (κ3) is 3.37. The Hall–Kier alpha value is -1.32. The van der Waals surface area contributed by atoms with Gasteiger partial charge >= 0.3 is 0 Å². The summed E-state index contributed by atoms with van der Waals surface area (Å²) in [5.74, 6) is -0.339. The average Bonchev–Trinajstić information content (AvgIpc) is 2.72. The van der Waals surface area contributed by atoms with E-state index in [4.69, 9.17) is 4.52 Å². The van der Waals surface area contributed by atoms with Crippen molar-refractivity contribution in [3.63, 3.8) is 0 Å². The lowest BCUT2D eigenvalue weighted by atomic mass is 10.3. The molecule has 0 fully saturated rings. The minimum atomic E-state index is -3.96. The van der Waals surface area contributed by atoms with Gasteiger partial charge in [0.15, 0.2) is 5.82 Å². The van der Waals surface area contributed by atoms with Gasteiger partial charge in [0.1, 0.15) is 10.7 Å². The summed E-state index contributed by atoms with van der Waals surface area (Å²) in [6, 6.07) is 3.69. The van der Waals surface area contributed by atoms with Crippen molar-refractivity contribution in [2.45, 2.75) is 18.4 Å². The molecule has 6 nitrogen and oxygen atoms in total. The SMILES string of the molecule is Cc1nc(CNS(=O)(=O)c2ccc(Br)cc2F)no1. The van der Waals surface area contributed by atoms with Gasteiger partial charge in [0.05, 0.1) is 6.54 Å². The summed E-state index contributed by atoms with van der Waals surface area (Å²) in [6.45, 7) is 1.41. The Bertz CT molecular complexity index is 702. The first kappa shape index (κ1) is 14.1. The molecule has 0 radical (unpaired) electrons. The van der Waals surface area contributed by atoms with Gasteiger partial charge in [-0.15, -0.1) is 0 Å². The zero-order chi connectivity index (χ0) is 14.0. The van der Waals surface area contributed by atoms with Gasteiger partial charge in [0, 0.05) is 11.4 Å². The van der Waals surface area contributed by atoms with E-state index in [2.05, 4.69) is 30.8 Å². The van der Waals surface area contributed by atoms with Crippen molar-refractivity contribution >= 4 is 26.0 Å². The first-order valence-electron chi connectivity index (χ1n) is 5.12. The molecule has 0 aliphatic carbocycles. The zero-order valence-corrected chi connectivity index (χ0v) is 12.1. The fraction of sp³-hybridized carbons (Fsp3) is 0.200. The highest BCUT2D eigenvalue weighted by molar-refractivity contribution is 9.10. The Balaban J connectivity index is 2.18. The lowest BCUT2D eigenvalue weighted by molar-refractivity contribution is 0.387. The standard InChI is InChI=1S/C10H9BrFN3O3S/c1-6-14-10(15-18-6)5-13-19(16,17)9-3-2-7(11)4-8(9)12/h2-4,13H,5H2,1H3. The molecule has 1 aromatic carbocycles. The molecular weight excluding hydrogens is 341 g/mol. The van der Waals surface area contributed by atoms with E-state index < -0.39 is 20.7 Å². The number of aromatic nitrogens is 2. The predicted molar refractivity (Wildman–Crippen MR) is 67.2 cm³/mol. The molecule has 102 valence electrons. The summed E-state index contributed by atoms with van der Waals surface area (Å²) >= 11 is 3.05. The van der Waals surface area contributed by atoms with Gasteiger partial charge < -0.3 is 4.52 Å². The minimum Gasteiger partial charge on any atom is -0.340 e. The van der Waals surface area contributed by atoms with Crippen LogP contribution in [-0.4, -0.2) is 18.6 Å². The van der Waals surface area contributed by atoms with E-state index in [-0.39, 0.29) is 12.4 Å². The van der Waals surface area contributed by atoms with Crippen molar-refractivity contribution in [2.24, 2.45) is 0 Å². The van der Waals surface area contributed by atoms with Crippen molar-refractivity contribution in [2.75, 3.05) is 0 Å². The van der Waals surface area contributed by atoms with Crippen LogP contribution in [-0.2, 0) is 16.6 Å². The zero-order valence-electron chi connectivity index (χ0n) is 9.72. The van der Waals surface area contributed by atoms with Crippen LogP contribution in [0.3, 0.4) is 0 Å². The van der Waals surface area contributed by atoms with Gasteiger partial charge in [-0.05, 0) is 18.2 Å². The molecule has 2 rings (SSSR count). The predicted octanol–water partition coefficient (Wildman–Crippen LogP) is 1.76. The lowest BCUT2D eigenvalue weighted by Gasteiger charge is -2.06. The molecule has 0 saturated heterocycles. The summed E-state index contributed by atoms with van der Waals surface area (Å²) in [7, 11) is -3.96. The van der Waals surface area contributed by atoms with Crippen LogP contribution in [0.25, 0.3) is 0 Å². The van der Waals surface area contributed by atoms with E-state index >= 15 is 0 Å². The van der Waals surface area contributed by atoms with E-state index in [1.165, 1.54) is 12.1 Å². The second-order valence-electron chi connectivity index (χ2n) is 3.63. The topological polar surface area (TPSA) is 85.1 Å². The monoisotopic (exact) mass is 349 g/mol. The number of rotatable bonds is 4. The third-order valence-electron chi connectivity index (χ3n) is 2.17. The van der Waals surface area contributed by atoms with Crippen LogP contribution in [0, 0.1) is 12.7 Å². The number of nitrogens with one attached hydrogen (secondary N) is 1. The maximum Gasteiger partial charge on any atom is 0.243 e. The van der Waals surface area contributed by atoms with Crippen LogP contribution < -0.4 is 4.72 Å². The Labute approximate surface area is 117 Å². The fourth-order valence-corrected chi connectivity index (χ4v) is 2.71. The molecule has 0 aliphatic rings. The van der Waals surface area contributed by atoms with Crippen molar-refractivity contribution in [1.29, 1.82) is 0 Å². The molecule has 1 aromatic heterocycles. The highest BCUT2D eigenvalue weighted by Gasteiger charge is 2.19. The van der Waals surface area contributed by atoms with E-state index in [9.17, 15) is 12.8 Å². The van der Waals surface area contributed by atoms with Gasteiger partial charge in [-0.3, -0.25) is 0 Å². The van der Waals surface area contributed by atoms with Crippen LogP contribution in [0.5, 0.6) is 0 Å². The molecule has 2 aromatic rings. The average molecular weight is 350 g/mol. The number of halogens is 2. The maximum absolute atomic E-state index is 13.6. The van der Waals surface area contributed by atoms with Gasteiger partial charge in [0.25, 0.3) is 0 Å². The van der Waals surface area contributed by atoms with Crippen molar-refractivity contribution in [1.82, 2.24) is 14.9 Å². The molecule has 19 heavy (non-hydrogen) atoms. The molecule has 0 spiro atoms. The summed E-state index contributed by atoms with van der Waals surface area (Å²) in [5.41, 5.74) is 0. The number of benzene rings is 1. The smallest absolute Gasteiger partial charge is 0.243 e. The molecule has 1 heterocycles. The highest BCUT2D eigenvalue weighted by atomic mass is 79.9. The molecule has 0 unspecified atom stereocenters.